The second-order valence-electron chi connectivity index (χ2n) is 5.54. The van der Waals surface area contributed by atoms with Crippen LogP contribution in [0.15, 0.2) is 18.2 Å². The van der Waals surface area contributed by atoms with Gasteiger partial charge in [-0.25, -0.2) is 4.79 Å². The van der Waals surface area contributed by atoms with Crippen molar-refractivity contribution in [1.82, 2.24) is 10.6 Å². The first-order chi connectivity index (χ1) is 10.9. The fourth-order valence-corrected chi connectivity index (χ4v) is 2.05. The average Bonchev–Trinajstić information content (AvgIpc) is 2.52. The number of carbonyl (C=O) groups excluding carboxylic acids is 2. The Morgan fingerprint density at radius 3 is 2.52 bits per heavy atom. The van der Waals surface area contributed by atoms with Gasteiger partial charge in [0.1, 0.15) is 6.04 Å². The number of benzene rings is 1. The van der Waals surface area contributed by atoms with Crippen LogP contribution in [0.25, 0.3) is 0 Å². The SMILES string of the molecule is COC(=O)N[C@H](CC(C)C)C(=O)NCc1ccc(O)c(OC)c1. The van der Waals surface area contributed by atoms with E-state index in [0.29, 0.717) is 12.2 Å². The van der Waals surface area contributed by atoms with E-state index in [1.54, 1.807) is 12.1 Å². The fourth-order valence-electron chi connectivity index (χ4n) is 2.05. The van der Waals surface area contributed by atoms with Gasteiger partial charge < -0.3 is 25.2 Å². The van der Waals surface area contributed by atoms with Gasteiger partial charge in [-0.05, 0) is 30.0 Å². The number of phenols is 1. The third kappa shape index (κ3) is 6.06. The molecule has 0 spiro atoms. The Hall–Kier alpha value is -2.44. The number of methoxy groups -OCH3 is 2. The number of alkyl carbamates (subject to hydrolysis) is 1. The Kier molecular flexibility index (Phi) is 7.18. The molecule has 7 heteroatoms. The summed E-state index contributed by atoms with van der Waals surface area (Å²) in [6.45, 7) is 4.18. The van der Waals surface area contributed by atoms with Gasteiger partial charge in [0.25, 0.3) is 0 Å². The zero-order valence-electron chi connectivity index (χ0n) is 13.9. The maximum Gasteiger partial charge on any atom is 0.407 e. The summed E-state index contributed by atoms with van der Waals surface area (Å²) in [5.74, 6) is 0.309. The van der Waals surface area contributed by atoms with E-state index in [4.69, 9.17) is 4.74 Å². The first kappa shape index (κ1) is 18.6. The van der Waals surface area contributed by atoms with E-state index in [1.807, 2.05) is 13.8 Å². The van der Waals surface area contributed by atoms with Crippen molar-refractivity contribution in [3.05, 3.63) is 23.8 Å². The molecule has 0 saturated heterocycles. The van der Waals surface area contributed by atoms with Crippen LogP contribution >= 0.6 is 0 Å². The number of carbonyl (C=O) groups is 2. The maximum absolute atomic E-state index is 12.3. The molecule has 0 aliphatic carbocycles. The molecular formula is C16H24N2O5. The fraction of sp³-hybridized carbons (Fsp3) is 0.500. The van der Waals surface area contributed by atoms with Crippen LogP contribution in [0.1, 0.15) is 25.8 Å². The topological polar surface area (TPSA) is 96.9 Å². The average molecular weight is 324 g/mol. The third-order valence-corrected chi connectivity index (χ3v) is 3.21. The van der Waals surface area contributed by atoms with Crippen LogP contribution in [0.5, 0.6) is 11.5 Å². The van der Waals surface area contributed by atoms with E-state index in [1.165, 1.54) is 20.3 Å². The van der Waals surface area contributed by atoms with E-state index in [-0.39, 0.29) is 24.1 Å². The van der Waals surface area contributed by atoms with Crippen LogP contribution in [0, 0.1) is 5.92 Å². The normalized spacial score (nSPS) is 11.7. The molecular weight excluding hydrogens is 300 g/mol. The lowest BCUT2D eigenvalue weighted by molar-refractivity contribution is -0.123. The van der Waals surface area contributed by atoms with Gasteiger partial charge in [0.05, 0.1) is 14.2 Å². The molecule has 0 aliphatic heterocycles. The van der Waals surface area contributed by atoms with Crippen molar-refractivity contribution in [2.45, 2.75) is 32.9 Å². The first-order valence-electron chi connectivity index (χ1n) is 7.35. The Labute approximate surface area is 136 Å². The lowest BCUT2D eigenvalue weighted by Gasteiger charge is -2.19. The second kappa shape index (κ2) is 8.87. The Bertz CT molecular complexity index is 545. The molecule has 1 atom stereocenters. The molecule has 128 valence electrons. The number of aromatic hydroxyl groups is 1. The minimum atomic E-state index is -0.665. The predicted molar refractivity (Wildman–Crippen MR) is 85.3 cm³/mol. The number of amides is 2. The molecule has 3 N–H and O–H groups in total. The molecule has 2 amide bonds. The van der Waals surface area contributed by atoms with E-state index in [9.17, 15) is 14.7 Å². The van der Waals surface area contributed by atoms with Crippen molar-refractivity contribution in [2.75, 3.05) is 14.2 Å². The van der Waals surface area contributed by atoms with Crippen LogP contribution < -0.4 is 15.4 Å². The summed E-state index contributed by atoms with van der Waals surface area (Å²) in [5, 5.41) is 14.8. The Morgan fingerprint density at radius 1 is 1.26 bits per heavy atom. The molecule has 0 heterocycles. The van der Waals surface area contributed by atoms with Gasteiger partial charge in [0.2, 0.25) is 5.91 Å². The quantitative estimate of drug-likeness (QED) is 0.710. The largest absolute Gasteiger partial charge is 0.504 e. The summed E-state index contributed by atoms with van der Waals surface area (Å²) in [6.07, 6.45) is -0.142. The van der Waals surface area contributed by atoms with Crippen molar-refractivity contribution in [3.63, 3.8) is 0 Å². The van der Waals surface area contributed by atoms with Crippen LogP contribution in [0.3, 0.4) is 0 Å². The van der Waals surface area contributed by atoms with Crippen LogP contribution in [0.4, 0.5) is 4.79 Å². The van der Waals surface area contributed by atoms with Crippen molar-refractivity contribution in [1.29, 1.82) is 0 Å². The molecule has 1 aromatic rings. The lowest BCUT2D eigenvalue weighted by atomic mass is 10.0. The monoisotopic (exact) mass is 324 g/mol. The summed E-state index contributed by atoms with van der Waals surface area (Å²) in [5.41, 5.74) is 0.773. The molecule has 0 saturated carbocycles. The molecule has 0 aliphatic rings. The van der Waals surface area contributed by atoms with Gasteiger partial charge in [-0.15, -0.1) is 0 Å². The summed E-state index contributed by atoms with van der Waals surface area (Å²) in [7, 11) is 2.71. The van der Waals surface area contributed by atoms with Gasteiger partial charge in [-0.3, -0.25) is 4.79 Å². The van der Waals surface area contributed by atoms with Gasteiger partial charge in [0, 0.05) is 6.54 Å². The van der Waals surface area contributed by atoms with E-state index >= 15 is 0 Å². The number of rotatable bonds is 7. The third-order valence-electron chi connectivity index (χ3n) is 3.21. The minimum Gasteiger partial charge on any atom is -0.504 e. The molecule has 0 aromatic heterocycles. The Morgan fingerprint density at radius 2 is 1.96 bits per heavy atom. The van der Waals surface area contributed by atoms with Gasteiger partial charge in [-0.2, -0.15) is 0 Å². The van der Waals surface area contributed by atoms with Gasteiger partial charge in [0.15, 0.2) is 11.5 Å². The van der Waals surface area contributed by atoms with E-state index in [0.717, 1.165) is 5.56 Å². The first-order valence-corrected chi connectivity index (χ1v) is 7.35. The highest BCUT2D eigenvalue weighted by Gasteiger charge is 2.22. The molecule has 1 aromatic carbocycles. The molecule has 0 bridgehead atoms. The van der Waals surface area contributed by atoms with E-state index < -0.39 is 12.1 Å². The van der Waals surface area contributed by atoms with Crippen LogP contribution in [0.2, 0.25) is 0 Å². The van der Waals surface area contributed by atoms with Crippen molar-refractivity contribution >= 4 is 12.0 Å². The summed E-state index contributed by atoms with van der Waals surface area (Å²) in [4.78, 5) is 23.6. The highest BCUT2D eigenvalue weighted by atomic mass is 16.5. The Balaban J connectivity index is 2.68. The van der Waals surface area contributed by atoms with E-state index in [2.05, 4.69) is 15.4 Å². The zero-order valence-corrected chi connectivity index (χ0v) is 13.9. The number of hydrogen-bond donors (Lipinski definition) is 3. The lowest BCUT2D eigenvalue weighted by Crippen LogP contribution is -2.47. The number of nitrogens with one attached hydrogen (secondary N) is 2. The number of hydrogen-bond acceptors (Lipinski definition) is 5. The standard InChI is InChI=1S/C16H24N2O5/c1-10(2)7-12(18-16(21)23-4)15(20)17-9-11-5-6-13(19)14(8-11)22-3/h5-6,8,10,12,19H,7,9H2,1-4H3,(H,17,20)(H,18,21)/t12-/m1/s1. The van der Waals surface area contributed by atoms with Crippen molar-refractivity contribution < 1.29 is 24.2 Å². The van der Waals surface area contributed by atoms with Crippen LogP contribution in [-0.4, -0.2) is 37.4 Å². The zero-order chi connectivity index (χ0) is 17.4. The highest BCUT2D eigenvalue weighted by Crippen LogP contribution is 2.26. The van der Waals surface area contributed by atoms with Crippen molar-refractivity contribution in [3.8, 4) is 11.5 Å². The smallest absolute Gasteiger partial charge is 0.407 e. The van der Waals surface area contributed by atoms with Crippen LogP contribution in [-0.2, 0) is 16.1 Å². The predicted octanol–water partition coefficient (Wildman–Crippen LogP) is 1.79. The molecule has 7 nitrogen and oxygen atoms in total. The number of phenolic OH excluding ortho intramolecular Hbond substituents is 1. The molecule has 0 radical (unpaired) electrons. The number of ether oxygens (including phenoxy) is 2. The molecule has 1 rings (SSSR count). The van der Waals surface area contributed by atoms with Crippen molar-refractivity contribution in [2.24, 2.45) is 5.92 Å². The molecule has 0 fully saturated rings. The summed E-state index contributed by atoms with van der Waals surface area (Å²) < 4.78 is 9.57. The molecule has 23 heavy (non-hydrogen) atoms. The minimum absolute atomic E-state index is 0.0348. The van der Waals surface area contributed by atoms with Gasteiger partial charge >= 0.3 is 6.09 Å². The second-order valence-corrected chi connectivity index (χ2v) is 5.54. The maximum atomic E-state index is 12.3. The summed E-state index contributed by atoms with van der Waals surface area (Å²) >= 11 is 0. The highest BCUT2D eigenvalue weighted by molar-refractivity contribution is 5.85. The summed E-state index contributed by atoms with van der Waals surface area (Å²) in [6, 6.07) is 4.16. The van der Waals surface area contributed by atoms with Gasteiger partial charge in [-0.1, -0.05) is 19.9 Å². The molecule has 0 unspecified atom stereocenters.